The Hall–Kier alpha value is -16.0. The van der Waals surface area contributed by atoms with E-state index in [2.05, 4.69) is 447 Å². The van der Waals surface area contributed by atoms with Crippen LogP contribution in [0.15, 0.2) is 443 Å². The van der Waals surface area contributed by atoms with Crippen LogP contribution in [0.3, 0.4) is 0 Å². The largest absolute Gasteiger partial charge is 0.309 e. The molecule has 570 valence electrons. The fourth-order valence-corrected chi connectivity index (χ4v) is 18.8. The van der Waals surface area contributed by atoms with Crippen LogP contribution in [0.5, 0.6) is 0 Å². The molecule has 0 saturated heterocycles. The highest BCUT2D eigenvalue weighted by Crippen LogP contribution is 2.52. The van der Waals surface area contributed by atoms with Crippen LogP contribution in [0.25, 0.3) is 227 Å². The molecule has 0 unspecified atom stereocenters. The van der Waals surface area contributed by atoms with Crippen LogP contribution in [-0.2, 0) is 0 Å². The monoisotopic (exact) mass is 1570 g/mol. The van der Waals surface area contributed by atoms with Crippen LogP contribution >= 0.6 is 11.3 Å². The Labute approximate surface area is 711 Å². The minimum absolute atomic E-state index is 0.538. The molecule has 0 amide bonds. The highest BCUT2D eigenvalue weighted by molar-refractivity contribution is 7.27. The molecule has 22 aromatic rings. The second kappa shape index (κ2) is 31.5. The SMILES string of the molecule is c1ccc(-c2cc(-c3ccccc3)cc(-c3nc(-c4cc(-c5ccccc5)cc(-c5ccccc5)c4)nc(-c4ccccc4-c4cccc5c4sc4c(-c6ccccc6-c6nc(-c7cc(-c8ccccc8)cc(-c8ccccc8)c7)nc(-c7cc(-c8ccccc8)cc(-c8ccccc8)c7)n6)cc6c7ccccc7n(-c7ccccc7)c6c45)n3)c2)cc1. The summed E-state index contributed by atoms with van der Waals surface area (Å²) in [5.41, 5.74) is 29.6. The molecule has 22 rings (SSSR count). The zero-order chi connectivity index (χ0) is 80.8. The number of para-hydroxylation sites is 2. The maximum Gasteiger partial charge on any atom is 0.164 e. The van der Waals surface area contributed by atoms with Crippen LogP contribution in [0.4, 0.5) is 0 Å². The second-order valence-corrected chi connectivity index (χ2v) is 31.8. The fourth-order valence-electron chi connectivity index (χ4n) is 17.4. The molecule has 0 aliphatic rings. The van der Waals surface area contributed by atoms with Crippen molar-refractivity contribution in [1.29, 1.82) is 0 Å². The van der Waals surface area contributed by atoms with Gasteiger partial charge in [0.2, 0.25) is 0 Å². The van der Waals surface area contributed by atoms with Crippen molar-refractivity contribution in [3.8, 4) is 185 Å². The van der Waals surface area contributed by atoms with E-state index < -0.39 is 0 Å². The predicted molar refractivity (Wildman–Crippen MR) is 507 cm³/mol. The van der Waals surface area contributed by atoms with Crippen molar-refractivity contribution < 1.29 is 0 Å². The second-order valence-electron chi connectivity index (χ2n) is 30.8. The summed E-state index contributed by atoms with van der Waals surface area (Å²) in [6.07, 6.45) is 0. The van der Waals surface area contributed by atoms with Gasteiger partial charge >= 0.3 is 0 Å². The van der Waals surface area contributed by atoms with Gasteiger partial charge in [0.1, 0.15) is 0 Å². The minimum Gasteiger partial charge on any atom is -0.309 e. The Balaban J connectivity index is 0.790. The number of hydrogen-bond donors (Lipinski definition) is 0. The molecule has 0 saturated carbocycles. The molecule has 7 nitrogen and oxygen atoms in total. The number of hydrogen-bond acceptors (Lipinski definition) is 7. The fraction of sp³-hybridized carbons (Fsp3) is 0. The third-order valence-corrected chi connectivity index (χ3v) is 24.5. The summed E-state index contributed by atoms with van der Waals surface area (Å²) >= 11 is 1.82. The van der Waals surface area contributed by atoms with E-state index in [1.165, 1.54) is 0 Å². The van der Waals surface area contributed by atoms with Crippen molar-refractivity contribution in [3.63, 3.8) is 0 Å². The number of rotatable bonds is 17. The van der Waals surface area contributed by atoms with Gasteiger partial charge in [-0.15, -0.1) is 11.3 Å². The van der Waals surface area contributed by atoms with E-state index >= 15 is 0 Å². The lowest BCUT2D eigenvalue weighted by molar-refractivity contribution is 1.07. The molecule has 0 radical (unpaired) electrons. The van der Waals surface area contributed by atoms with Crippen molar-refractivity contribution in [2.24, 2.45) is 0 Å². The van der Waals surface area contributed by atoms with Gasteiger partial charge in [0, 0.05) is 81.1 Å². The van der Waals surface area contributed by atoms with Crippen LogP contribution < -0.4 is 0 Å². The molecule has 4 heterocycles. The van der Waals surface area contributed by atoms with E-state index in [1.54, 1.807) is 0 Å². The summed E-state index contributed by atoms with van der Waals surface area (Å²) in [5.74, 6) is 3.27. The average molecular weight is 1570 g/mol. The van der Waals surface area contributed by atoms with E-state index in [4.69, 9.17) is 29.9 Å². The van der Waals surface area contributed by atoms with Crippen molar-refractivity contribution in [2.45, 2.75) is 0 Å². The third kappa shape index (κ3) is 13.8. The minimum atomic E-state index is 0.538. The Bertz CT molecular complexity index is 7170. The van der Waals surface area contributed by atoms with E-state index in [0.29, 0.717) is 34.9 Å². The zero-order valence-electron chi connectivity index (χ0n) is 66.2. The van der Waals surface area contributed by atoms with Gasteiger partial charge in [0.05, 0.1) is 11.0 Å². The van der Waals surface area contributed by atoms with Gasteiger partial charge in [-0.2, -0.15) is 0 Å². The lowest BCUT2D eigenvalue weighted by atomic mass is 9.93. The van der Waals surface area contributed by atoms with Gasteiger partial charge in [-0.3, -0.25) is 0 Å². The van der Waals surface area contributed by atoms with Gasteiger partial charge < -0.3 is 4.57 Å². The predicted octanol–water partition coefficient (Wildman–Crippen LogP) is 30.2. The quantitative estimate of drug-likeness (QED) is 0.0903. The molecule has 0 fully saturated rings. The zero-order valence-corrected chi connectivity index (χ0v) is 67.0. The first-order valence-corrected chi connectivity index (χ1v) is 42.0. The van der Waals surface area contributed by atoms with Crippen LogP contribution in [0.1, 0.15) is 0 Å². The molecular weight excluding hydrogens is 1500 g/mol. The molecular formula is C114H73N7S. The first-order valence-electron chi connectivity index (χ1n) is 41.2. The Morgan fingerprint density at radius 3 is 0.754 bits per heavy atom. The number of fused-ring (bicyclic) bond motifs is 7. The van der Waals surface area contributed by atoms with E-state index in [-0.39, 0.29) is 0 Å². The van der Waals surface area contributed by atoms with Gasteiger partial charge in [-0.25, -0.2) is 29.9 Å². The number of nitrogens with zero attached hydrogens (tertiary/aromatic N) is 7. The number of benzene rings is 18. The normalized spacial score (nSPS) is 11.4. The molecule has 0 spiro atoms. The van der Waals surface area contributed by atoms with E-state index in [0.717, 1.165) is 192 Å². The van der Waals surface area contributed by atoms with Crippen molar-refractivity contribution >= 4 is 53.3 Å². The highest BCUT2D eigenvalue weighted by atomic mass is 32.1. The Morgan fingerprint density at radius 1 is 0.164 bits per heavy atom. The van der Waals surface area contributed by atoms with Crippen LogP contribution in [0, 0.1) is 0 Å². The van der Waals surface area contributed by atoms with Gasteiger partial charge in [-0.1, -0.05) is 346 Å². The van der Waals surface area contributed by atoms with Crippen molar-refractivity contribution in [3.05, 3.63) is 443 Å². The van der Waals surface area contributed by atoms with Crippen molar-refractivity contribution in [2.75, 3.05) is 0 Å². The lowest BCUT2D eigenvalue weighted by Crippen LogP contribution is -2.02. The Kier molecular flexibility index (Phi) is 18.7. The maximum absolute atomic E-state index is 5.77. The number of aromatic nitrogens is 7. The van der Waals surface area contributed by atoms with Crippen molar-refractivity contribution in [1.82, 2.24) is 34.5 Å². The molecule has 0 aliphatic carbocycles. The summed E-state index contributed by atoms with van der Waals surface area (Å²) in [6, 6.07) is 158. The maximum atomic E-state index is 5.77. The topological polar surface area (TPSA) is 82.3 Å². The molecule has 122 heavy (non-hydrogen) atoms. The number of thiophene rings is 1. The van der Waals surface area contributed by atoms with E-state index in [1.807, 2.05) is 11.3 Å². The molecule has 4 aromatic heterocycles. The molecule has 0 aliphatic heterocycles. The average Bonchev–Trinajstić information content (AvgIpc) is 1.54. The summed E-state index contributed by atoms with van der Waals surface area (Å²) in [4.78, 5) is 34.3. The standard InChI is InChI=1S/C114H73N7S/c1-10-35-74(36-11-1)82-61-83(75-37-12-2-13-38-75)66-90(65-82)109-115-110(91-67-84(76-39-14-3-15-40-76)62-85(68-91)77-41-16-4-17-42-77)118-113(117-109)99-56-30-28-53-95(99)98-58-34-59-101-105-106-102(97-55-32-33-60-104(97)121(106)94-51-26-9-27-52-94)73-103(108(105)122-107(98)101)96-54-29-31-57-100(96)114-119-111(92-69-86(78-43-18-5-19-44-78)63-87(70-92)79-45-20-6-21-46-79)116-112(120-114)93-71-88(80-47-22-7-23-48-80)64-89(72-93)81-49-24-8-25-50-81/h1-73H. The molecule has 0 N–H and O–H groups in total. The smallest absolute Gasteiger partial charge is 0.164 e. The summed E-state index contributed by atoms with van der Waals surface area (Å²) < 4.78 is 4.69. The molecule has 18 aromatic carbocycles. The van der Waals surface area contributed by atoms with E-state index in [9.17, 15) is 0 Å². The van der Waals surface area contributed by atoms with Crippen LogP contribution in [-0.4, -0.2) is 34.5 Å². The Morgan fingerprint density at radius 2 is 0.418 bits per heavy atom. The first-order chi connectivity index (χ1) is 60.4. The molecule has 0 atom stereocenters. The van der Waals surface area contributed by atoms with Gasteiger partial charge in [0.25, 0.3) is 0 Å². The third-order valence-electron chi connectivity index (χ3n) is 23.2. The van der Waals surface area contributed by atoms with Gasteiger partial charge in [-0.05, 0) is 197 Å². The van der Waals surface area contributed by atoms with Crippen LogP contribution in [0.2, 0.25) is 0 Å². The lowest BCUT2D eigenvalue weighted by Gasteiger charge is -2.16. The van der Waals surface area contributed by atoms with Gasteiger partial charge in [0.15, 0.2) is 34.9 Å². The summed E-state index contributed by atoms with van der Waals surface area (Å²) in [7, 11) is 0. The highest BCUT2D eigenvalue weighted by Gasteiger charge is 2.28. The molecule has 8 heteroatoms. The summed E-state index contributed by atoms with van der Waals surface area (Å²) in [6.45, 7) is 0. The first kappa shape index (κ1) is 72.5. The summed E-state index contributed by atoms with van der Waals surface area (Å²) in [5, 5.41) is 4.49. The molecule has 0 bridgehead atoms.